The van der Waals surface area contributed by atoms with Gasteiger partial charge in [-0.05, 0) is 50.3 Å². The number of hydrogen-bond donors (Lipinski definition) is 3. The second kappa shape index (κ2) is 7.69. The summed E-state index contributed by atoms with van der Waals surface area (Å²) >= 11 is 1.55. The van der Waals surface area contributed by atoms with Crippen LogP contribution in [0, 0.1) is 12.8 Å². The maximum Gasteiger partial charge on any atom is 0.206 e. The topological polar surface area (TPSA) is 102 Å². The van der Waals surface area contributed by atoms with E-state index in [2.05, 4.69) is 31.8 Å². The number of nitrogens with one attached hydrogen (secondary N) is 2. The minimum Gasteiger partial charge on any atom is -0.381 e. The van der Waals surface area contributed by atoms with Crippen LogP contribution >= 0.6 is 11.3 Å². The van der Waals surface area contributed by atoms with E-state index in [1.54, 1.807) is 11.3 Å². The van der Waals surface area contributed by atoms with E-state index in [9.17, 15) is 0 Å². The van der Waals surface area contributed by atoms with Crippen molar-refractivity contribution in [2.24, 2.45) is 11.7 Å². The van der Waals surface area contributed by atoms with Crippen molar-refractivity contribution in [2.45, 2.75) is 32.2 Å². The highest BCUT2D eigenvalue weighted by atomic mass is 32.1. The zero-order valence-electron chi connectivity index (χ0n) is 14.9. The molecule has 0 spiro atoms. The molecule has 0 saturated carbocycles. The van der Waals surface area contributed by atoms with Crippen LogP contribution in [-0.4, -0.2) is 46.2 Å². The van der Waals surface area contributed by atoms with E-state index in [1.165, 1.54) is 0 Å². The Morgan fingerprint density at radius 3 is 3.04 bits per heavy atom. The van der Waals surface area contributed by atoms with Gasteiger partial charge in [0.05, 0.1) is 11.2 Å². The number of nitrogens with zero attached hydrogens (tertiary/aromatic N) is 3. The van der Waals surface area contributed by atoms with Gasteiger partial charge in [0.1, 0.15) is 5.01 Å². The van der Waals surface area contributed by atoms with Crippen LogP contribution in [0.3, 0.4) is 0 Å². The molecule has 7 nitrogen and oxygen atoms in total. The molecule has 4 rings (SSSR count). The van der Waals surface area contributed by atoms with E-state index in [0.29, 0.717) is 12.5 Å². The number of fused-ring (bicyclic) bond motifs is 1. The van der Waals surface area contributed by atoms with Gasteiger partial charge < -0.3 is 15.8 Å². The molecule has 3 aromatic rings. The molecular formula is C18H24N6OS. The summed E-state index contributed by atoms with van der Waals surface area (Å²) in [4.78, 5) is 0. The monoisotopic (exact) mass is 372 g/mol. The van der Waals surface area contributed by atoms with E-state index < -0.39 is 0 Å². The van der Waals surface area contributed by atoms with Crippen LogP contribution in [0.4, 0.5) is 5.13 Å². The number of rotatable bonds is 6. The predicted octanol–water partition coefficient (Wildman–Crippen LogP) is 2.95. The Hall–Kier alpha value is -2.03. The lowest BCUT2D eigenvalue weighted by Crippen LogP contribution is -2.33. The van der Waals surface area contributed by atoms with E-state index >= 15 is 0 Å². The van der Waals surface area contributed by atoms with Gasteiger partial charge in [0.15, 0.2) is 0 Å². The summed E-state index contributed by atoms with van der Waals surface area (Å²) in [5.74, 6) is 0.676. The van der Waals surface area contributed by atoms with Crippen molar-refractivity contribution in [1.29, 1.82) is 0 Å². The Bertz CT molecular complexity index is 870. The van der Waals surface area contributed by atoms with E-state index in [-0.39, 0.29) is 6.04 Å². The van der Waals surface area contributed by atoms with Crippen molar-refractivity contribution in [2.75, 3.05) is 25.1 Å². The number of nitrogens with two attached hydrogens (primary N) is 1. The first-order chi connectivity index (χ1) is 12.7. The first-order valence-corrected chi connectivity index (χ1v) is 9.86. The number of hydrogen-bond acceptors (Lipinski definition) is 7. The van der Waals surface area contributed by atoms with Crippen molar-refractivity contribution in [3.05, 3.63) is 23.9 Å². The lowest BCUT2D eigenvalue weighted by Gasteiger charge is -2.24. The average molecular weight is 372 g/mol. The molecule has 0 radical (unpaired) electrons. The lowest BCUT2D eigenvalue weighted by atomic mass is 9.93. The fourth-order valence-electron chi connectivity index (χ4n) is 3.40. The van der Waals surface area contributed by atoms with Crippen LogP contribution in [0.5, 0.6) is 0 Å². The highest BCUT2D eigenvalue weighted by molar-refractivity contribution is 7.18. The fourth-order valence-corrected chi connectivity index (χ4v) is 4.15. The number of ether oxygens (including phenoxy) is 1. The summed E-state index contributed by atoms with van der Waals surface area (Å²) in [6, 6.07) is 6.30. The third kappa shape index (κ3) is 3.87. The molecule has 1 aromatic carbocycles. The molecule has 2 aromatic heterocycles. The van der Waals surface area contributed by atoms with E-state index in [0.717, 1.165) is 64.8 Å². The molecule has 1 unspecified atom stereocenters. The van der Waals surface area contributed by atoms with Gasteiger partial charge in [-0.15, -0.1) is 10.2 Å². The van der Waals surface area contributed by atoms with Gasteiger partial charge in [-0.1, -0.05) is 11.3 Å². The maximum atomic E-state index is 6.28. The molecular weight excluding hydrogens is 348 g/mol. The Kier molecular flexibility index (Phi) is 5.14. The molecule has 1 atom stereocenters. The summed E-state index contributed by atoms with van der Waals surface area (Å²) in [7, 11) is 0. The Balaban J connectivity index is 1.37. The zero-order chi connectivity index (χ0) is 17.9. The molecule has 26 heavy (non-hydrogen) atoms. The number of aryl methyl sites for hydroxylation is 1. The van der Waals surface area contributed by atoms with Gasteiger partial charge in [0.2, 0.25) is 5.13 Å². The lowest BCUT2D eigenvalue weighted by molar-refractivity contribution is 0.0622. The third-order valence-electron chi connectivity index (χ3n) is 4.92. The molecule has 0 aliphatic carbocycles. The Morgan fingerprint density at radius 2 is 2.19 bits per heavy atom. The van der Waals surface area contributed by atoms with E-state index in [1.807, 2.05) is 19.1 Å². The van der Waals surface area contributed by atoms with Crippen LogP contribution in [0.15, 0.2) is 18.2 Å². The van der Waals surface area contributed by atoms with Gasteiger partial charge in [-0.25, -0.2) is 0 Å². The quantitative estimate of drug-likeness (QED) is 0.615. The zero-order valence-corrected chi connectivity index (χ0v) is 15.7. The smallest absolute Gasteiger partial charge is 0.206 e. The van der Waals surface area contributed by atoms with Crippen molar-refractivity contribution in [1.82, 2.24) is 20.4 Å². The average Bonchev–Trinajstić information content (AvgIpc) is 3.28. The van der Waals surface area contributed by atoms with Crippen LogP contribution in [0.2, 0.25) is 0 Å². The largest absolute Gasteiger partial charge is 0.381 e. The highest BCUT2D eigenvalue weighted by Gasteiger charge is 2.17. The Labute approximate surface area is 156 Å². The number of H-pyrrole nitrogens is 1. The Morgan fingerprint density at radius 1 is 1.35 bits per heavy atom. The number of benzene rings is 1. The van der Waals surface area contributed by atoms with Gasteiger partial charge in [0, 0.05) is 36.8 Å². The predicted molar refractivity (Wildman–Crippen MR) is 104 cm³/mol. The molecule has 1 aliphatic rings. The SMILES string of the molecule is Cc1n[nH]c2ccc(-c3nnc(NCC(N)CC4CCOCC4)s3)cc12. The van der Waals surface area contributed by atoms with Crippen molar-refractivity contribution < 1.29 is 4.74 Å². The second-order valence-electron chi connectivity index (χ2n) is 6.91. The van der Waals surface area contributed by atoms with Crippen LogP contribution in [-0.2, 0) is 4.74 Å². The molecule has 3 heterocycles. The maximum absolute atomic E-state index is 6.28. The minimum absolute atomic E-state index is 0.121. The number of anilines is 1. The number of aromatic amines is 1. The standard InChI is InChI=1S/C18H24N6OS/c1-11-15-9-13(2-3-16(15)22-21-11)17-23-24-18(26-17)20-10-14(19)8-12-4-6-25-7-5-12/h2-3,9,12,14H,4-8,10,19H2,1H3,(H,20,24)(H,21,22). The summed E-state index contributed by atoms with van der Waals surface area (Å²) in [6.45, 7) is 4.44. The molecule has 8 heteroatoms. The third-order valence-corrected chi connectivity index (χ3v) is 5.85. The van der Waals surface area contributed by atoms with Gasteiger partial charge in [0.25, 0.3) is 0 Å². The van der Waals surface area contributed by atoms with Crippen LogP contribution in [0.1, 0.15) is 25.0 Å². The van der Waals surface area contributed by atoms with Gasteiger partial charge in [-0.3, -0.25) is 5.10 Å². The van der Waals surface area contributed by atoms with Crippen LogP contribution in [0.25, 0.3) is 21.5 Å². The summed E-state index contributed by atoms with van der Waals surface area (Å²) < 4.78 is 5.41. The van der Waals surface area contributed by atoms with Gasteiger partial charge >= 0.3 is 0 Å². The molecule has 138 valence electrons. The summed E-state index contributed by atoms with van der Waals surface area (Å²) in [5, 5.41) is 22.0. The van der Waals surface area contributed by atoms with E-state index in [4.69, 9.17) is 10.5 Å². The van der Waals surface area contributed by atoms with Crippen molar-refractivity contribution in [3.8, 4) is 10.6 Å². The van der Waals surface area contributed by atoms with Crippen molar-refractivity contribution in [3.63, 3.8) is 0 Å². The summed E-state index contributed by atoms with van der Waals surface area (Å²) in [6.07, 6.45) is 3.26. The van der Waals surface area contributed by atoms with Crippen molar-refractivity contribution >= 4 is 27.4 Å². The molecule has 1 aliphatic heterocycles. The van der Waals surface area contributed by atoms with Crippen LogP contribution < -0.4 is 11.1 Å². The fraction of sp³-hybridized carbons (Fsp3) is 0.500. The molecule has 0 amide bonds. The number of aromatic nitrogens is 4. The minimum atomic E-state index is 0.121. The normalized spacial score (nSPS) is 16.8. The first-order valence-electron chi connectivity index (χ1n) is 9.05. The highest BCUT2D eigenvalue weighted by Crippen LogP contribution is 2.29. The molecule has 4 N–H and O–H groups in total. The first kappa shape index (κ1) is 17.4. The molecule has 0 bridgehead atoms. The second-order valence-corrected chi connectivity index (χ2v) is 7.89. The van der Waals surface area contributed by atoms with Gasteiger partial charge in [-0.2, -0.15) is 5.10 Å². The molecule has 1 saturated heterocycles. The molecule has 1 fully saturated rings. The summed E-state index contributed by atoms with van der Waals surface area (Å²) in [5.41, 5.74) is 9.36.